The molecule has 1 aromatic heterocycles. The average Bonchev–Trinajstić information content (AvgIpc) is 2.27. The molecule has 0 spiro atoms. The number of nitrogens with two attached hydrogens (primary N) is 1. The summed E-state index contributed by atoms with van der Waals surface area (Å²) >= 11 is 3.54. The van der Waals surface area contributed by atoms with Crippen LogP contribution in [0.1, 0.15) is 42.7 Å². The van der Waals surface area contributed by atoms with Gasteiger partial charge in [0.15, 0.2) is 0 Å². The predicted molar refractivity (Wildman–Crippen MR) is 66.0 cm³/mol. The van der Waals surface area contributed by atoms with E-state index in [0.717, 1.165) is 23.7 Å². The number of nitrogens with zero attached hydrogens (tertiary/aromatic N) is 1. The van der Waals surface area contributed by atoms with Gasteiger partial charge in [-0.25, -0.2) is 0 Å². The number of primary amides is 1. The normalized spacial score (nSPS) is 19.2. The van der Waals surface area contributed by atoms with Crippen LogP contribution in [0.5, 0.6) is 0 Å². The van der Waals surface area contributed by atoms with Crippen LogP contribution >= 0.6 is 15.9 Å². The van der Waals surface area contributed by atoms with Gasteiger partial charge in [-0.3, -0.25) is 9.78 Å². The Labute approximate surface area is 104 Å². The summed E-state index contributed by atoms with van der Waals surface area (Å²) in [6.07, 6.45) is 8.51. The number of amides is 1. The lowest BCUT2D eigenvalue weighted by molar-refractivity contribution is -0.118. The van der Waals surface area contributed by atoms with E-state index in [0.29, 0.717) is 12.3 Å². The minimum absolute atomic E-state index is 0.213. The quantitative estimate of drug-likeness (QED) is 0.926. The van der Waals surface area contributed by atoms with Crippen molar-refractivity contribution >= 4 is 21.8 Å². The molecule has 0 aromatic carbocycles. The molecule has 0 aliphatic heterocycles. The average molecular weight is 283 g/mol. The number of carbonyl (C=O) groups is 1. The maximum Gasteiger partial charge on any atom is 0.217 e. The third-order valence-corrected chi connectivity index (χ3v) is 3.88. The van der Waals surface area contributed by atoms with Gasteiger partial charge in [0.1, 0.15) is 0 Å². The summed E-state index contributed by atoms with van der Waals surface area (Å²) in [7, 11) is 0. The van der Waals surface area contributed by atoms with Crippen LogP contribution in [-0.2, 0) is 11.2 Å². The molecule has 2 N–H and O–H groups in total. The maximum absolute atomic E-state index is 10.8. The van der Waals surface area contributed by atoms with Crippen LogP contribution in [0.4, 0.5) is 0 Å². The molecule has 1 atom stereocenters. The van der Waals surface area contributed by atoms with Crippen LogP contribution in [0.25, 0.3) is 0 Å². The Morgan fingerprint density at radius 3 is 3.12 bits per heavy atom. The van der Waals surface area contributed by atoms with Gasteiger partial charge in [0.05, 0.1) is 0 Å². The molecule has 1 heterocycles. The first-order valence-corrected chi connectivity index (χ1v) is 6.38. The lowest BCUT2D eigenvalue weighted by Crippen LogP contribution is -2.15. The molecule has 86 valence electrons. The van der Waals surface area contributed by atoms with Gasteiger partial charge in [0.25, 0.3) is 0 Å². The first-order valence-electron chi connectivity index (χ1n) is 5.59. The number of fused-ring (bicyclic) bond motifs is 1. The van der Waals surface area contributed by atoms with Gasteiger partial charge >= 0.3 is 0 Å². The van der Waals surface area contributed by atoms with Crippen LogP contribution in [0, 0.1) is 0 Å². The summed E-state index contributed by atoms with van der Waals surface area (Å²) in [5.74, 6) is 0.233. The van der Waals surface area contributed by atoms with Crippen LogP contribution in [0.15, 0.2) is 16.9 Å². The highest BCUT2D eigenvalue weighted by molar-refractivity contribution is 9.10. The summed E-state index contributed by atoms with van der Waals surface area (Å²) in [5, 5.41) is 0. The second-order valence-electron chi connectivity index (χ2n) is 4.28. The van der Waals surface area contributed by atoms with Crippen LogP contribution < -0.4 is 5.73 Å². The standard InChI is InChI=1S/C12H15BrN2O/c13-11-7-15-6-10-8(4-5-12(14)16)2-1-3-9(10)11/h6-8H,1-5H2,(H2,14,16)/t8-/m1/s1. The molecular weight excluding hydrogens is 268 g/mol. The molecule has 3 nitrogen and oxygen atoms in total. The molecule has 4 heteroatoms. The van der Waals surface area contributed by atoms with Crippen molar-refractivity contribution in [1.29, 1.82) is 0 Å². The highest BCUT2D eigenvalue weighted by atomic mass is 79.9. The van der Waals surface area contributed by atoms with Crippen LogP contribution in [0.2, 0.25) is 0 Å². The van der Waals surface area contributed by atoms with Crippen molar-refractivity contribution in [3.05, 3.63) is 28.0 Å². The highest BCUT2D eigenvalue weighted by Gasteiger charge is 2.22. The van der Waals surface area contributed by atoms with Crippen LogP contribution in [-0.4, -0.2) is 10.9 Å². The fourth-order valence-electron chi connectivity index (χ4n) is 2.39. The number of rotatable bonds is 3. The Morgan fingerprint density at radius 1 is 1.56 bits per heavy atom. The van der Waals surface area contributed by atoms with E-state index in [1.165, 1.54) is 17.5 Å². The van der Waals surface area contributed by atoms with Gasteiger partial charge in [0, 0.05) is 23.3 Å². The van der Waals surface area contributed by atoms with Crippen molar-refractivity contribution < 1.29 is 4.79 Å². The SMILES string of the molecule is NC(=O)CC[C@H]1CCCc2c(Br)cncc21. The third kappa shape index (κ3) is 2.43. The van der Waals surface area contributed by atoms with E-state index in [2.05, 4.69) is 20.9 Å². The molecule has 0 bridgehead atoms. The third-order valence-electron chi connectivity index (χ3n) is 3.20. The van der Waals surface area contributed by atoms with E-state index >= 15 is 0 Å². The molecule has 1 amide bonds. The zero-order valence-corrected chi connectivity index (χ0v) is 10.7. The number of aromatic nitrogens is 1. The van der Waals surface area contributed by atoms with E-state index in [1.54, 1.807) is 0 Å². The number of halogens is 1. The molecule has 2 rings (SSSR count). The second-order valence-corrected chi connectivity index (χ2v) is 5.14. The van der Waals surface area contributed by atoms with E-state index in [-0.39, 0.29) is 5.91 Å². The number of hydrogen-bond acceptors (Lipinski definition) is 2. The topological polar surface area (TPSA) is 56.0 Å². The molecule has 0 unspecified atom stereocenters. The lowest BCUT2D eigenvalue weighted by atomic mass is 9.81. The van der Waals surface area contributed by atoms with E-state index in [9.17, 15) is 4.79 Å². The molecular formula is C12H15BrN2O. The fraction of sp³-hybridized carbons (Fsp3) is 0.500. The molecule has 16 heavy (non-hydrogen) atoms. The zero-order valence-electron chi connectivity index (χ0n) is 9.08. The first-order chi connectivity index (χ1) is 7.68. The molecule has 1 aliphatic rings. The van der Waals surface area contributed by atoms with Crippen molar-refractivity contribution in [2.75, 3.05) is 0 Å². The summed E-state index contributed by atoms with van der Waals surface area (Å²) < 4.78 is 1.09. The van der Waals surface area contributed by atoms with Crippen molar-refractivity contribution in [3.63, 3.8) is 0 Å². The summed E-state index contributed by atoms with van der Waals surface area (Å²) in [6.45, 7) is 0. The van der Waals surface area contributed by atoms with E-state index in [1.807, 2.05) is 12.4 Å². The molecule has 0 fully saturated rings. The highest BCUT2D eigenvalue weighted by Crippen LogP contribution is 2.37. The smallest absolute Gasteiger partial charge is 0.217 e. The Morgan fingerprint density at radius 2 is 2.38 bits per heavy atom. The van der Waals surface area contributed by atoms with Crippen molar-refractivity contribution in [1.82, 2.24) is 4.98 Å². The number of hydrogen-bond donors (Lipinski definition) is 1. The monoisotopic (exact) mass is 282 g/mol. The van der Waals surface area contributed by atoms with E-state index in [4.69, 9.17) is 5.73 Å². The van der Waals surface area contributed by atoms with Gasteiger partial charge in [-0.15, -0.1) is 0 Å². The Bertz CT molecular complexity index is 406. The molecule has 1 aliphatic carbocycles. The first kappa shape index (κ1) is 11.6. The molecule has 0 saturated heterocycles. The summed E-state index contributed by atoms with van der Waals surface area (Å²) in [4.78, 5) is 15.0. The molecule has 0 saturated carbocycles. The zero-order chi connectivity index (χ0) is 11.5. The van der Waals surface area contributed by atoms with Crippen LogP contribution in [0.3, 0.4) is 0 Å². The number of pyridine rings is 1. The Balaban J connectivity index is 2.19. The largest absolute Gasteiger partial charge is 0.370 e. The van der Waals surface area contributed by atoms with Gasteiger partial charge in [-0.05, 0) is 58.7 Å². The lowest BCUT2D eigenvalue weighted by Gasteiger charge is -2.25. The van der Waals surface area contributed by atoms with Crippen molar-refractivity contribution in [3.8, 4) is 0 Å². The fourth-order valence-corrected chi connectivity index (χ4v) is 2.93. The Kier molecular flexibility index (Phi) is 3.59. The molecule has 0 radical (unpaired) electrons. The van der Waals surface area contributed by atoms with Gasteiger partial charge in [-0.1, -0.05) is 0 Å². The minimum Gasteiger partial charge on any atom is -0.370 e. The minimum atomic E-state index is -0.213. The van der Waals surface area contributed by atoms with Gasteiger partial charge in [-0.2, -0.15) is 0 Å². The molecule has 1 aromatic rings. The van der Waals surface area contributed by atoms with E-state index < -0.39 is 0 Å². The van der Waals surface area contributed by atoms with Gasteiger partial charge < -0.3 is 5.73 Å². The maximum atomic E-state index is 10.8. The van der Waals surface area contributed by atoms with Gasteiger partial charge in [0.2, 0.25) is 5.91 Å². The number of carbonyl (C=O) groups excluding carboxylic acids is 1. The Hall–Kier alpha value is -0.900. The predicted octanol–water partition coefficient (Wildman–Crippen LogP) is 2.53. The second kappa shape index (κ2) is 4.95. The summed E-state index contributed by atoms with van der Waals surface area (Å²) in [6, 6.07) is 0. The van der Waals surface area contributed by atoms with Crippen molar-refractivity contribution in [2.24, 2.45) is 5.73 Å². The van der Waals surface area contributed by atoms with Crippen molar-refractivity contribution in [2.45, 2.75) is 38.0 Å². The summed E-state index contributed by atoms with van der Waals surface area (Å²) in [5.41, 5.74) is 7.85.